The highest BCUT2D eigenvalue weighted by molar-refractivity contribution is 7.00. The zero-order chi connectivity index (χ0) is 42.0. The van der Waals surface area contributed by atoms with Gasteiger partial charge in [0.25, 0.3) is 0 Å². The lowest BCUT2D eigenvalue weighted by Crippen LogP contribution is -2.61. The third-order valence-corrected chi connectivity index (χ3v) is 14.4. The monoisotopic (exact) mass is 798 g/mol. The molecule has 0 unspecified atom stereocenters. The lowest BCUT2D eigenvalue weighted by molar-refractivity contribution is 0.668. The number of hydrogen-bond acceptors (Lipinski definition) is 4. The summed E-state index contributed by atoms with van der Waals surface area (Å²) in [6.45, 7) is 17.8. The van der Waals surface area contributed by atoms with Crippen molar-refractivity contribution in [3.63, 3.8) is 0 Å². The minimum Gasteiger partial charge on any atom is -0.454 e. The Morgan fingerprint density at radius 2 is 0.726 bits per heavy atom. The van der Waals surface area contributed by atoms with E-state index in [1.165, 1.54) is 88.7 Å². The molecule has 8 aromatic carbocycles. The molecule has 0 atom stereocenters. The smallest absolute Gasteiger partial charge is 0.247 e. The number of fused-ring (bicyclic) bond motifs is 14. The van der Waals surface area contributed by atoms with Crippen LogP contribution in [0, 0.1) is 55.4 Å². The highest BCUT2D eigenvalue weighted by atomic mass is 16.3. The first-order valence-corrected chi connectivity index (χ1v) is 22.0. The Morgan fingerprint density at radius 3 is 1.13 bits per heavy atom. The van der Waals surface area contributed by atoms with Gasteiger partial charge < -0.3 is 18.6 Å². The first-order valence-electron chi connectivity index (χ1n) is 22.0. The molecule has 0 radical (unpaired) electrons. The minimum atomic E-state index is -0.0271. The molecule has 0 amide bonds. The van der Waals surface area contributed by atoms with Crippen LogP contribution in [-0.4, -0.2) is 13.4 Å². The molecule has 296 valence electrons. The summed E-state index contributed by atoms with van der Waals surface area (Å²) in [5.74, 6) is 0. The van der Waals surface area contributed by atoms with Crippen molar-refractivity contribution in [2.24, 2.45) is 0 Å². The molecule has 10 aromatic rings. The number of anilines is 6. The Morgan fingerprint density at radius 1 is 0.355 bits per heavy atom. The SMILES string of the molecule is Cc1cc(C)c(B2c3cccc4c3N(c3cccc5c3N4c3c(ccc4c3oc3cc(C)ccc34)B5c3c(C)cc(C)cc3C)c3c2ccc2c3oc3cc(C)ccc32)c(C)c1. The average Bonchev–Trinajstić information content (AvgIpc) is 3.79. The molecule has 62 heavy (non-hydrogen) atoms. The largest absolute Gasteiger partial charge is 0.454 e. The number of aryl methyl sites for hydroxylation is 8. The van der Waals surface area contributed by atoms with E-state index in [2.05, 4.69) is 187 Å². The summed E-state index contributed by atoms with van der Waals surface area (Å²) in [7, 11) is 0. The van der Waals surface area contributed by atoms with Crippen LogP contribution in [0.5, 0.6) is 0 Å². The number of furan rings is 2. The van der Waals surface area contributed by atoms with E-state index in [0.717, 1.165) is 66.6 Å². The lowest BCUT2D eigenvalue weighted by atomic mass is 9.33. The van der Waals surface area contributed by atoms with Crippen molar-refractivity contribution in [2.45, 2.75) is 55.4 Å². The predicted octanol–water partition coefficient (Wildman–Crippen LogP) is 10.9. The van der Waals surface area contributed by atoms with E-state index in [4.69, 9.17) is 8.83 Å². The van der Waals surface area contributed by atoms with Gasteiger partial charge in [0.05, 0.1) is 34.1 Å². The fourth-order valence-corrected chi connectivity index (χ4v) is 12.2. The first kappa shape index (κ1) is 35.8. The molecule has 0 bridgehead atoms. The van der Waals surface area contributed by atoms with Crippen molar-refractivity contribution in [3.05, 3.63) is 166 Å². The van der Waals surface area contributed by atoms with Crippen LogP contribution in [0.3, 0.4) is 0 Å². The van der Waals surface area contributed by atoms with Crippen LogP contribution < -0.4 is 42.6 Å². The number of para-hydroxylation sites is 2. The maximum atomic E-state index is 7.14. The van der Waals surface area contributed by atoms with Crippen molar-refractivity contribution in [1.82, 2.24) is 0 Å². The second kappa shape index (κ2) is 12.4. The summed E-state index contributed by atoms with van der Waals surface area (Å²) in [4.78, 5) is 5.14. The van der Waals surface area contributed by atoms with E-state index >= 15 is 0 Å². The lowest BCUT2D eigenvalue weighted by Gasteiger charge is -2.48. The quantitative estimate of drug-likeness (QED) is 0.163. The van der Waals surface area contributed by atoms with E-state index in [0.29, 0.717) is 0 Å². The maximum absolute atomic E-state index is 7.14. The third kappa shape index (κ3) is 4.59. The van der Waals surface area contributed by atoms with Gasteiger partial charge in [0.15, 0.2) is 11.2 Å². The summed E-state index contributed by atoms with van der Waals surface area (Å²) in [5.41, 5.74) is 28.5. The van der Waals surface area contributed by atoms with Crippen LogP contribution in [0.25, 0.3) is 43.9 Å². The summed E-state index contributed by atoms with van der Waals surface area (Å²) in [6.07, 6.45) is 0. The van der Waals surface area contributed by atoms with E-state index in [1.54, 1.807) is 0 Å². The molecule has 0 spiro atoms. The summed E-state index contributed by atoms with van der Waals surface area (Å²) in [5, 5.41) is 4.55. The Balaban J connectivity index is 1.20. The van der Waals surface area contributed by atoms with Gasteiger partial charge in [-0.05, 0) is 113 Å². The van der Waals surface area contributed by atoms with Crippen LogP contribution in [0.2, 0.25) is 0 Å². The Kier molecular flexibility index (Phi) is 7.13. The van der Waals surface area contributed by atoms with Crippen molar-refractivity contribution >= 4 is 124 Å². The summed E-state index contributed by atoms with van der Waals surface area (Å²) >= 11 is 0. The van der Waals surface area contributed by atoms with Gasteiger partial charge in [0.1, 0.15) is 11.2 Å². The highest BCUT2D eigenvalue weighted by Gasteiger charge is 2.48. The molecule has 3 aliphatic rings. The Hall–Kier alpha value is -6.91. The number of hydrogen-bond donors (Lipinski definition) is 0. The molecule has 2 aromatic heterocycles. The molecule has 0 fully saturated rings. The molecule has 0 saturated heterocycles. The maximum Gasteiger partial charge on any atom is 0.247 e. The topological polar surface area (TPSA) is 32.8 Å². The summed E-state index contributed by atoms with van der Waals surface area (Å²) in [6, 6.07) is 46.0. The molecule has 0 aliphatic carbocycles. The summed E-state index contributed by atoms with van der Waals surface area (Å²) < 4.78 is 14.3. The van der Waals surface area contributed by atoms with E-state index in [1.807, 2.05) is 0 Å². The van der Waals surface area contributed by atoms with Gasteiger partial charge in [-0.1, -0.05) is 141 Å². The van der Waals surface area contributed by atoms with Gasteiger partial charge in [0.2, 0.25) is 13.4 Å². The van der Waals surface area contributed by atoms with Gasteiger partial charge in [0, 0.05) is 21.5 Å². The number of benzene rings is 8. The standard InChI is InChI=1S/C56H44B2N2O2/c1-29-15-17-37-39-19-21-43-53(55(39)61-47(37)27-29)59-45-13-9-12-42-52(45)60(46-14-10-11-41(51(46)59)57(43)49-33(5)23-31(3)24-34(49)6)54-44(58(42)50-35(7)25-32(4)26-36(50)8)22-20-40-38-18-16-30(2)28-48(38)62-56(40)54/h9-28H,1-8H3. The number of rotatable bonds is 2. The Bertz CT molecular complexity index is 3380. The van der Waals surface area contributed by atoms with Gasteiger partial charge in [-0.15, -0.1) is 0 Å². The van der Waals surface area contributed by atoms with Crippen molar-refractivity contribution in [1.29, 1.82) is 0 Å². The fraction of sp³-hybridized carbons (Fsp3) is 0.143. The van der Waals surface area contributed by atoms with Crippen LogP contribution >= 0.6 is 0 Å². The molecule has 4 nitrogen and oxygen atoms in total. The highest BCUT2D eigenvalue weighted by Crippen LogP contribution is 2.57. The first-order chi connectivity index (χ1) is 30.0. The van der Waals surface area contributed by atoms with Crippen LogP contribution in [0.4, 0.5) is 34.1 Å². The molecule has 3 aliphatic heterocycles. The molecule has 5 heterocycles. The molecule has 6 heteroatoms. The van der Waals surface area contributed by atoms with Crippen molar-refractivity contribution in [3.8, 4) is 0 Å². The second-order valence-corrected chi connectivity index (χ2v) is 18.6. The molecular formula is C56H44B2N2O2. The van der Waals surface area contributed by atoms with Crippen molar-refractivity contribution in [2.75, 3.05) is 9.80 Å². The van der Waals surface area contributed by atoms with Crippen molar-refractivity contribution < 1.29 is 8.83 Å². The fourth-order valence-electron chi connectivity index (χ4n) is 12.2. The Labute approximate surface area is 362 Å². The zero-order valence-electron chi connectivity index (χ0n) is 36.4. The minimum absolute atomic E-state index is 0.0271. The molecule has 0 N–H and O–H groups in total. The van der Waals surface area contributed by atoms with Gasteiger partial charge in [-0.3, -0.25) is 0 Å². The van der Waals surface area contributed by atoms with Gasteiger partial charge in [-0.25, -0.2) is 0 Å². The van der Waals surface area contributed by atoms with Crippen LogP contribution in [0.15, 0.2) is 130 Å². The molecule has 13 rings (SSSR count). The second-order valence-electron chi connectivity index (χ2n) is 18.6. The predicted molar refractivity (Wildman–Crippen MR) is 264 cm³/mol. The molecule has 0 saturated carbocycles. The van der Waals surface area contributed by atoms with E-state index in [9.17, 15) is 0 Å². The van der Waals surface area contributed by atoms with Gasteiger partial charge in [-0.2, -0.15) is 0 Å². The number of nitrogens with zero attached hydrogens (tertiary/aromatic N) is 2. The van der Waals surface area contributed by atoms with E-state index < -0.39 is 0 Å². The normalized spacial score (nSPS) is 13.7. The average molecular weight is 799 g/mol. The molecular weight excluding hydrogens is 754 g/mol. The van der Waals surface area contributed by atoms with Crippen LogP contribution in [-0.2, 0) is 0 Å². The third-order valence-electron chi connectivity index (χ3n) is 14.4. The van der Waals surface area contributed by atoms with Gasteiger partial charge >= 0.3 is 0 Å². The van der Waals surface area contributed by atoms with E-state index in [-0.39, 0.29) is 13.4 Å². The van der Waals surface area contributed by atoms with Crippen LogP contribution in [0.1, 0.15) is 44.5 Å². The zero-order valence-corrected chi connectivity index (χ0v) is 36.4.